The first-order valence-corrected chi connectivity index (χ1v) is 8.63. The van der Waals surface area contributed by atoms with E-state index in [9.17, 15) is 0 Å². The van der Waals surface area contributed by atoms with Gasteiger partial charge in [-0.25, -0.2) is 0 Å². The molecule has 4 rings (SSSR count). The van der Waals surface area contributed by atoms with Crippen molar-refractivity contribution in [1.82, 2.24) is 0 Å². The lowest BCUT2D eigenvalue weighted by Crippen LogP contribution is -1.86. The maximum atomic E-state index is 2.28. The van der Waals surface area contributed by atoms with Crippen LogP contribution < -0.4 is 0 Å². The average molecular weight is 320 g/mol. The van der Waals surface area contributed by atoms with Gasteiger partial charge in [-0.2, -0.15) is 0 Å². The first kappa shape index (κ1) is 15.4. The first-order valence-electron chi connectivity index (χ1n) is 8.63. The third kappa shape index (κ3) is 3.25. The van der Waals surface area contributed by atoms with Crippen LogP contribution in [0.2, 0.25) is 0 Å². The van der Waals surface area contributed by atoms with E-state index in [1.54, 1.807) is 0 Å². The summed E-state index contributed by atoms with van der Waals surface area (Å²) in [5, 5.41) is 0. The van der Waals surface area contributed by atoms with Crippen LogP contribution in [0, 0.1) is 6.92 Å². The Morgan fingerprint density at radius 1 is 0.400 bits per heavy atom. The second kappa shape index (κ2) is 6.78. The van der Waals surface area contributed by atoms with Gasteiger partial charge in [-0.3, -0.25) is 0 Å². The van der Waals surface area contributed by atoms with Gasteiger partial charge in [0.1, 0.15) is 0 Å². The van der Waals surface area contributed by atoms with Crippen LogP contribution in [0.25, 0.3) is 33.4 Å². The molecule has 0 aliphatic carbocycles. The summed E-state index contributed by atoms with van der Waals surface area (Å²) in [5.41, 5.74) is 8.82. The van der Waals surface area contributed by atoms with Gasteiger partial charge in [-0.15, -0.1) is 0 Å². The molecule has 0 aliphatic heterocycles. The number of benzene rings is 4. The van der Waals surface area contributed by atoms with E-state index in [-0.39, 0.29) is 0 Å². The van der Waals surface area contributed by atoms with E-state index >= 15 is 0 Å². The van der Waals surface area contributed by atoms with Crippen molar-refractivity contribution in [2.75, 3.05) is 0 Å². The molecule has 0 atom stereocenters. The number of aryl methyl sites for hydroxylation is 1. The van der Waals surface area contributed by atoms with Gasteiger partial charge in [0.25, 0.3) is 0 Å². The van der Waals surface area contributed by atoms with E-state index in [2.05, 4.69) is 110 Å². The third-order valence-electron chi connectivity index (χ3n) is 4.57. The van der Waals surface area contributed by atoms with Crippen LogP contribution in [-0.4, -0.2) is 0 Å². The molecule has 0 N–H and O–H groups in total. The minimum Gasteiger partial charge on any atom is -0.0622 e. The third-order valence-corrected chi connectivity index (χ3v) is 4.57. The van der Waals surface area contributed by atoms with E-state index in [0.29, 0.717) is 0 Å². The molecule has 0 radical (unpaired) electrons. The van der Waals surface area contributed by atoms with Crippen LogP contribution in [0.15, 0.2) is 103 Å². The van der Waals surface area contributed by atoms with E-state index in [1.165, 1.54) is 38.9 Å². The molecule has 4 aromatic carbocycles. The lowest BCUT2D eigenvalue weighted by atomic mass is 9.92. The summed E-state index contributed by atoms with van der Waals surface area (Å²) in [6.07, 6.45) is 0. The van der Waals surface area contributed by atoms with Crippen molar-refractivity contribution in [2.45, 2.75) is 6.92 Å². The Bertz CT molecular complexity index is 980. The number of hydrogen-bond acceptors (Lipinski definition) is 0. The highest BCUT2D eigenvalue weighted by molar-refractivity contribution is 5.85. The zero-order valence-electron chi connectivity index (χ0n) is 14.3. The topological polar surface area (TPSA) is 0 Å². The van der Waals surface area contributed by atoms with E-state index < -0.39 is 0 Å². The van der Waals surface area contributed by atoms with Crippen molar-refractivity contribution in [2.24, 2.45) is 0 Å². The van der Waals surface area contributed by atoms with Gasteiger partial charge >= 0.3 is 0 Å². The predicted molar refractivity (Wildman–Crippen MR) is 107 cm³/mol. The fourth-order valence-electron chi connectivity index (χ4n) is 3.22. The zero-order chi connectivity index (χ0) is 17.1. The Labute approximate surface area is 149 Å². The SMILES string of the molecule is Cc1ccc(-c2cccc(-c3ccccc3-c3ccccc3)c2)cc1. The van der Waals surface area contributed by atoms with Gasteiger partial charge in [-0.1, -0.05) is 103 Å². The average Bonchev–Trinajstić information content (AvgIpc) is 2.69. The molecule has 0 saturated heterocycles. The maximum Gasteiger partial charge on any atom is -0.0105 e. The summed E-state index contributed by atoms with van der Waals surface area (Å²) in [4.78, 5) is 0. The van der Waals surface area contributed by atoms with Gasteiger partial charge < -0.3 is 0 Å². The quantitative estimate of drug-likeness (QED) is 0.381. The van der Waals surface area contributed by atoms with Crippen molar-refractivity contribution in [3.8, 4) is 33.4 Å². The summed E-state index contributed by atoms with van der Waals surface area (Å²) in [6.45, 7) is 2.12. The Kier molecular flexibility index (Phi) is 4.18. The molecule has 0 heteroatoms. The molecule has 0 aliphatic rings. The smallest absolute Gasteiger partial charge is 0.0105 e. The Hall–Kier alpha value is -3.12. The summed E-state index contributed by atoms with van der Waals surface area (Å²) in [6, 6.07) is 36.7. The molecule has 0 spiro atoms. The molecular weight excluding hydrogens is 300 g/mol. The van der Waals surface area contributed by atoms with Crippen LogP contribution in [-0.2, 0) is 0 Å². The molecular formula is C25H20. The summed E-state index contributed by atoms with van der Waals surface area (Å²) in [7, 11) is 0. The van der Waals surface area contributed by atoms with E-state index in [0.717, 1.165) is 0 Å². The zero-order valence-corrected chi connectivity index (χ0v) is 14.3. The normalized spacial score (nSPS) is 10.6. The van der Waals surface area contributed by atoms with Crippen LogP contribution in [0.5, 0.6) is 0 Å². The van der Waals surface area contributed by atoms with Crippen molar-refractivity contribution in [3.05, 3.63) is 109 Å². The van der Waals surface area contributed by atoms with Crippen molar-refractivity contribution >= 4 is 0 Å². The molecule has 0 fully saturated rings. The molecule has 0 unspecified atom stereocenters. The second-order valence-corrected chi connectivity index (χ2v) is 6.36. The van der Waals surface area contributed by atoms with Crippen LogP contribution in [0.3, 0.4) is 0 Å². The fourth-order valence-corrected chi connectivity index (χ4v) is 3.22. The Morgan fingerprint density at radius 3 is 1.68 bits per heavy atom. The van der Waals surface area contributed by atoms with E-state index in [4.69, 9.17) is 0 Å². The summed E-state index contributed by atoms with van der Waals surface area (Å²) < 4.78 is 0. The molecule has 120 valence electrons. The monoisotopic (exact) mass is 320 g/mol. The lowest BCUT2D eigenvalue weighted by Gasteiger charge is -2.12. The van der Waals surface area contributed by atoms with Crippen molar-refractivity contribution < 1.29 is 0 Å². The van der Waals surface area contributed by atoms with Gasteiger partial charge in [0.05, 0.1) is 0 Å². The lowest BCUT2D eigenvalue weighted by molar-refractivity contribution is 1.47. The highest BCUT2D eigenvalue weighted by atomic mass is 14.1. The first-order chi connectivity index (χ1) is 12.3. The van der Waals surface area contributed by atoms with Crippen LogP contribution >= 0.6 is 0 Å². The fraction of sp³-hybridized carbons (Fsp3) is 0.0400. The summed E-state index contributed by atoms with van der Waals surface area (Å²) >= 11 is 0. The molecule has 0 nitrogen and oxygen atoms in total. The largest absolute Gasteiger partial charge is 0.0622 e. The minimum atomic E-state index is 1.25. The molecule has 0 bridgehead atoms. The van der Waals surface area contributed by atoms with Crippen molar-refractivity contribution in [3.63, 3.8) is 0 Å². The molecule has 25 heavy (non-hydrogen) atoms. The van der Waals surface area contributed by atoms with Gasteiger partial charge in [-0.05, 0) is 46.4 Å². The summed E-state index contributed by atoms with van der Waals surface area (Å²) in [5.74, 6) is 0. The van der Waals surface area contributed by atoms with Crippen LogP contribution in [0.4, 0.5) is 0 Å². The Morgan fingerprint density at radius 2 is 0.960 bits per heavy atom. The van der Waals surface area contributed by atoms with Gasteiger partial charge in [0.15, 0.2) is 0 Å². The second-order valence-electron chi connectivity index (χ2n) is 6.36. The number of rotatable bonds is 3. The molecule has 0 heterocycles. The van der Waals surface area contributed by atoms with Crippen LogP contribution in [0.1, 0.15) is 5.56 Å². The van der Waals surface area contributed by atoms with Gasteiger partial charge in [0, 0.05) is 0 Å². The number of hydrogen-bond donors (Lipinski definition) is 0. The molecule has 0 aromatic heterocycles. The highest BCUT2D eigenvalue weighted by Gasteiger charge is 2.07. The van der Waals surface area contributed by atoms with E-state index in [1.807, 2.05) is 0 Å². The predicted octanol–water partition coefficient (Wildman–Crippen LogP) is 7.00. The maximum absolute atomic E-state index is 2.28. The minimum absolute atomic E-state index is 1.25. The molecule has 4 aromatic rings. The molecule has 0 saturated carbocycles. The van der Waals surface area contributed by atoms with Gasteiger partial charge in [0.2, 0.25) is 0 Å². The van der Waals surface area contributed by atoms with Crippen molar-refractivity contribution in [1.29, 1.82) is 0 Å². The highest BCUT2D eigenvalue weighted by Crippen LogP contribution is 2.33. The standard InChI is InChI=1S/C25H20/c1-19-14-16-20(17-15-19)22-10-7-11-23(18-22)25-13-6-5-12-24(25)21-8-3-2-4-9-21/h2-18H,1H3. The Balaban J connectivity index is 1.81. The molecule has 0 amide bonds.